The van der Waals surface area contributed by atoms with E-state index in [1.54, 1.807) is 49.9 Å². The zero-order chi connectivity index (χ0) is 33.6. The van der Waals surface area contributed by atoms with Gasteiger partial charge in [0.1, 0.15) is 0 Å². The highest BCUT2D eigenvalue weighted by Crippen LogP contribution is 2.25. The molecule has 2 N–H and O–H groups in total. The van der Waals surface area contributed by atoms with Crippen LogP contribution in [0.2, 0.25) is 0 Å². The number of carbonyl (C=O) groups is 4. The van der Waals surface area contributed by atoms with Crippen LogP contribution in [-0.2, 0) is 70.5 Å². The molecule has 0 spiro atoms. The third kappa shape index (κ3) is 11.1. The lowest BCUT2D eigenvalue weighted by atomic mass is 10.1. The van der Waals surface area contributed by atoms with Gasteiger partial charge in [-0.3, -0.25) is 13.8 Å². The van der Waals surface area contributed by atoms with Crippen LogP contribution in [0, 0.1) is 13.8 Å². The third-order valence-corrected chi connectivity index (χ3v) is 6.90. The standard InChI is InChI=1S/C15H23NO7S.C14H21NO5/c1-5-21-13(17)9-12-14(15(18)22-6-2)11(3)10-16(12)7-8-23-24(4,19)20;1-4-10-9(3)13(14(19)20-5-2)11(8-12(17)18)15(10)6-7-16/h10H,5-9H2,1-4H3;16H,4-8H2,1-3H3,(H,17,18). The van der Waals surface area contributed by atoms with Gasteiger partial charge >= 0.3 is 23.9 Å². The number of aliphatic hydroxyl groups excluding tert-OH is 1. The fraction of sp³-hybridized carbons (Fsp3) is 0.586. The lowest BCUT2D eigenvalue weighted by Crippen LogP contribution is -2.18. The number of carbonyl (C=O) groups excluding carboxylic acids is 3. The van der Waals surface area contributed by atoms with Gasteiger partial charge in [0.05, 0.1) is 63.3 Å². The number of esters is 3. The largest absolute Gasteiger partial charge is 0.481 e. The molecule has 0 unspecified atom stereocenters. The summed E-state index contributed by atoms with van der Waals surface area (Å²) in [6.45, 7) is 11.4. The number of ether oxygens (including phenoxy) is 3. The smallest absolute Gasteiger partial charge is 0.340 e. The molecule has 0 saturated heterocycles. The van der Waals surface area contributed by atoms with Crippen LogP contribution in [0.5, 0.6) is 0 Å². The molecule has 0 amide bonds. The summed E-state index contributed by atoms with van der Waals surface area (Å²) in [6, 6.07) is 0. The molecule has 248 valence electrons. The van der Waals surface area contributed by atoms with Crippen LogP contribution in [0.4, 0.5) is 0 Å². The van der Waals surface area contributed by atoms with Gasteiger partial charge in [-0.2, -0.15) is 8.42 Å². The topological polar surface area (TPSA) is 190 Å². The highest BCUT2D eigenvalue weighted by Gasteiger charge is 2.26. The van der Waals surface area contributed by atoms with E-state index >= 15 is 0 Å². The van der Waals surface area contributed by atoms with Crippen molar-refractivity contribution in [2.75, 3.05) is 39.3 Å². The van der Waals surface area contributed by atoms with Gasteiger partial charge in [-0.1, -0.05) is 6.92 Å². The van der Waals surface area contributed by atoms with Crippen LogP contribution in [0.15, 0.2) is 6.20 Å². The van der Waals surface area contributed by atoms with E-state index < -0.39 is 34.0 Å². The number of aromatic nitrogens is 2. The minimum Gasteiger partial charge on any atom is -0.481 e. The predicted molar refractivity (Wildman–Crippen MR) is 159 cm³/mol. The number of aliphatic carboxylic acids is 1. The van der Waals surface area contributed by atoms with Crippen molar-refractivity contribution in [1.82, 2.24) is 9.13 Å². The minimum absolute atomic E-state index is 0.106. The van der Waals surface area contributed by atoms with Gasteiger partial charge in [0.15, 0.2) is 0 Å². The molecule has 0 aliphatic heterocycles. The van der Waals surface area contributed by atoms with E-state index in [-0.39, 0.29) is 59.0 Å². The van der Waals surface area contributed by atoms with Crippen molar-refractivity contribution in [3.63, 3.8) is 0 Å². The van der Waals surface area contributed by atoms with Crippen LogP contribution >= 0.6 is 0 Å². The summed E-state index contributed by atoms with van der Waals surface area (Å²) >= 11 is 0. The van der Waals surface area contributed by atoms with Gasteiger partial charge in [-0.15, -0.1) is 0 Å². The summed E-state index contributed by atoms with van der Waals surface area (Å²) in [5.41, 5.74) is 3.66. The fourth-order valence-corrected chi connectivity index (χ4v) is 5.12. The van der Waals surface area contributed by atoms with Crippen molar-refractivity contribution in [3.8, 4) is 0 Å². The SMILES string of the molecule is CCOC(=O)Cc1c(C(=O)OCC)c(C)cn1CCOS(C)(=O)=O.CCOC(=O)c1c(C)c(CC)n(CCO)c1CC(=O)O. The van der Waals surface area contributed by atoms with Crippen molar-refractivity contribution >= 4 is 34.0 Å². The summed E-state index contributed by atoms with van der Waals surface area (Å²) in [4.78, 5) is 47.1. The Morgan fingerprint density at radius 2 is 1.39 bits per heavy atom. The molecule has 0 saturated carbocycles. The molecule has 0 aliphatic carbocycles. The Morgan fingerprint density at radius 3 is 1.86 bits per heavy atom. The van der Waals surface area contributed by atoms with Gasteiger partial charge in [-0.25, -0.2) is 9.59 Å². The number of hydrogen-bond donors (Lipinski definition) is 2. The maximum Gasteiger partial charge on any atom is 0.340 e. The van der Waals surface area contributed by atoms with Crippen molar-refractivity contribution in [3.05, 3.63) is 45.5 Å². The number of rotatable bonds is 16. The molecular weight excluding hydrogens is 600 g/mol. The molecule has 0 aliphatic rings. The molecule has 0 aromatic carbocycles. The van der Waals surface area contributed by atoms with Gasteiger partial charge in [0.25, 0.3) is 10.1 Å². The number of nitrogens with zero attached hydrogens (tertiary/aromatic N) is 2. The second-order valence-electron chi connectivity index (χ2n) is 9.47. The van der Waals surface area contributed by atoms with Gasteiger partial charge < -0.3 is 33.6 Å². The highest BCUT2D eigenvalue weighted by molar-refractivity contribution is 7.85. The average molecular weight is 645 g/mol. The molecule has 0 atom stereocenters. The molecule has 15 heteroatoms. The van der Waals surface area contributed by atoms with Gasteiger partial charge in [0, 0.05) is 36.4 Å². The fourth-order valence-electron chi connectivity index (χ4n) is 4.74. The van der Waals surface area contributed by atoms with E-state index in [9.17, 15) is 27.6 Å². The van der Waals surface area contributed by atoms with Crippen LogP contribution in [0.3, 0.4) is 0 Å². The zero-order valence-electron chi connectivity index (χ0n) is 26.4. The Morgan fingerprint density at radius 1 is 0.818 bits per heavy atom. The minimum atomic E-state index is -3.56. The normalized spacial score (nSPS) is 11.0. The van der Waals surface area contributed by atoms with Crippen LogP contribution < -0.4 is 0 Å². The summed E-state index contributed by atoms with van der Waals surface area (Å²) in [7, 11) is -3.56. The molecule has 0 bridgehead atoms. The quantitative estimate of drug-likeness (QED) is 0.154. The Hall–Kier alpha value is -3.69. The number of carboxylic acid groups (broad SMARTS) is 1. The van der Waals surface area contributed by atoms with E-state index in [1.807, 2.05) is 6.92 Å². The monoisotopic (exact) mass is 644 g/mol. The van der Waals surface area contributed by atoms with E-state index in [1.165, 1.54) is 0 Å². The molecule has 2 aromatic rings. The zero-order valence-corrected chi connectivity index (χ0v) is 27.2. The average Bonchev–Trinajstić information content (AvgIpc) is 3.35. The highest BCUT2D eigenvalue weighted by atomic mass is 32.2. The summed E-state index contributed by atoms with van der Waals surface area (Å²) in [5.74, 6) is -2.54. The van der Waals surface area contributed by atoms with Crippen molar-refractivity contribution in [2.24, 2.45) is 0 Å². The summed E-state index contributed by atoms with van der Waals surface area (Å²) in [5, 5.41) is 18.2. The van der Waals surface area contributed by atoms with E-state index in [0.717, 1.165) is 17.5 Å². The van der Waals surface area contributed by atoms with Crippen molar-refractivity contribution in [1.29, 1.82) is 0 Å². The number of aryl methyl sites for hydroxylation is 1. The lowest BCUT2D eigenvalue weighted by Gasteiger charge is -2.11. The van der Waals surface area contributed by atoms with Gasteiger partial charge in [0.2, 0.25) is 0 Å². The Balaban J connectivity index is 0.000000447. The molecule has 44 heavy (non-hydrogen) atoms. The van der Waals surface area contributed by atoms with Crippen LogP contribution in [0.25, 0.3) is 0 Å². The van der Waals surface area contributed by atoms with Crippen LogP contribution in [0.1, 0.15) is 76.6 Å². The molecule has 2 heterocycles. The number of carboxylic acids is 1. The molecule has 2 aromatic heterocycles. The predicted octanol–water partition coefficient (Wildman–Crippen LogP) is 2.21. The van der Waals surface area contributed by atoms with Crippen molar-refractivity contribution < 1.29 is 56.2 Å². The second-order valence-corrected chi connectivity index (χ2v) is 11.1. The second kappa shape index (κ2) is 18.2. The lowest BCUT2D eigenvalue weighted by molar-refractivity contribution is -0.142. The first-order chi connectivity index (χ1) is 20.7. The molecular formula is C29H44N2O12S. The Bertz CT molecular complexity index is 1410. The first-order valence-electron chi connectivity index (χ1n) is 14.2. The first kappa shape index (κ1) is 38.3. The number of aliphatic hydroxyl groups is 1. The maximum absolute atomic E-state index is 12.2. The summed E-state index contributed by atoms with van der Waals surface area (Å²) < 4.78 is 45.1. The van der Waals surface area contributed by atoms with E-state index in [4.69, 9.17) is 28.6 Å². The van der Waals surface area contributed by atoms with E-state index in [2.05, 4.69) is 0 Å². The Kier molecular flexibility index (Phi) is 15.9. The first-order valence-corrected chi connectivity index (χ1v) is 16.0. The van der Waals surface area contributed by atoms with Crippen LogP contribution in [-0.4, -0.2) is 90.9 Å². The van der Waals surface area contributed by atoms with Crippen molar-refractivity contribution in [2.45, 2.75) is 73.9 Å². The van der Waals surface area contributed by atoms with E-state index in [0.29, 0.717) is 34.5 Å². The number of hydrogen-bond acceptors (Lipinski definition) is 11. The summed E-state index contributed by atoms with van der Waals surface area (Å²) in [6.07, 6.45) is 2.88. The molecule has 0 fully saturated rings. The molecule has 0 radical (unpaired) electrons. The maximum atomic E-state index is 12.2. The molecule has 14 nitrogen and oxygen atoms in total. The molecule has 2 rings (SSSR count). The van der Waals surface area contributed by atoms with Gasteiger partial charge in [-0.05, 0) is 52.2 Å². The Labute approximate surface area is 258 Å². The third-order valence-electron chi connectivity index (χ3n) is 6.31.